The molecule has 1 rings (SSSR count). The molecular weight excluding hydrogens is 213 g/mol. The summed E-state index contributed by atoms with van der Waals surface area (Å²) in [4.78, 5) is 22.4. The zero-order valence-electron chi connectivity index (χ0n) is 8.78. The van der Waals surface area contributed by atoms with Crippen LogP contribution in [0, 0.1) is 5.82 Å². The van der Waals surface area contributed by atoms with Crippen LogP contribution in [0.25, 0.3) is 0 Å². The van der Waals surface area contributed by atoms with E-state index in [0.29, 0.717) is 13.1 Å². The van der Waals surface area contributed by atoms with Crippen molar-refractivity contribution in [2.24, 2.45) is 5.73 Å². The van der Waals surface area contributed by atoms with Gasteiger partial charge in [-0.05, 0) is 6.07 Å². The maximum atomic E-state index is 12.8. The molecule has 0 aliphatic heterocycles. The summed E-state index contributed by atoms with van der Waals surface area (Å²) in [6.07, 6.45) is 1.21. The summed E-state index contributed by atoms with van der Waals surface area (Å²) in [5, 5.41) is 2.56. The second-order valence-electron chi connectivity index (χ2n) is 3.27. The number of pyridine rings is 1. The lowest BCUT2D eigenvalue weighted by Gasteiger charge is -2.05. The minimum Gasteiger partial charge on any atom is -0.355 e. The van der Waals surface area contributed by atoms with E-state index in [9.17, 15) is 14.0 Å². The molecule has 1 amide bonds. The van der Waals surface area contributed by atoms with Gasteiger partial charge < -0.3 is 15.6 Å². The molecule has 0 saturated carbocycles. The van der Waals surface area contributed by atoms with Crippen LogP contribution >= 0.6 is 0 Å². The molecular formula is C10H14FN3O2. The maximum Gasteiger partial charge on any atom is 0.250 e. The summed E-state index contributed by atoms with van der Waals surface area (Å²) in [7, 11) is 0. The number of amides is 1. The van der Waals surface area contributed by atoms with Gasteiger partial charge in [0.15, 0.2) is 0 Å². The van der Waals surface area contributed by atoms with Gasteiger partial charge in [0, 0.05) is 38.3 Å². The van der Waals surface area contributed by atoms with Crippen LogP contribution in [0.2, 0.25) is 0 Å². The average molecular weight is 227 g/mol. The minimum atomic E-state index is -0.498. The molecule has 5 nitrogen and oxygen atoms in total. The Labute approximate surface area is 92.1 Å². The van der Waals surface area contributed by atoms with Crippen molar-refractivity contribution in [2.75, 3.05) is 13.1 Å². The third-order valence-electron chi connectivity index (χ3n) is 1.99. The molecule has 0 radical (unpaired) electrons. The Hall–Kier alpha value is -1.69. The number of nitrogens with zero attached hydrogens (tertiary/aromatic N) is 1. The summed E-state index contributed by atoms with van der Waals surface area (Å²) in [5.41, 5.74) is 4.88. The molecule has 0 unspecified atom stereocenters. The molecule has 0 saturated heterocycles. The molecule has 88 valence electrons. The molecule has 0 aliphatic carbocycles. The lowest BCUT2D eigenvalue weighted by Crippen LogP contribution is -2.30. The summed E-state index contributed by atoms with van der Waals surface area (Å²) in [6, 6.07) is 2.22. The van der Waals surface area contributed by atoms with Gasteiger partial charge in [-0.25, -0.2) is 4.39 Å². The molecule has 6 heteroatoms. The Kier molecular flexibility index (Phi) is 4.65. The van der Waals surface area contributed by atoms with Gasteiger partial charge in [-0.2, -0.15) is 0 Å². The Morgan fingerprint density at radius 3 is 2.94 bits per heavy atom. The van der Waals surface area contributed by atoms with Crippen LogP contribution in [-0.4, -0.2) is 23.6 Å². The number of hydrogen-bond acceptors (Lipinski definition) is 3. The molecule has 0 aromatic carbocycles. The lowest BCUT2D eigenvalue weighted by molar-refractivity contribution is -0.121. The van der Waals surface area contributed by atoms with Crippen molar-refractivity contribution in [2.45, 2.75) is 13.0 Å². The number of hydrogen-bond donors (Lipinski definition) is 2. The molecule has 1 heterocycles. The first kappa shape index (κ1) is 12.4. The maximum absolute atomic E-state index is 12.8. The number of aryl methyl sites for hydroxylation is 1. The Bertz CT molecular complexity index is 417. The molecule has 3 N–H and O–H groups in total. The van der Waals surface area contributed by atoms with Crippen LogP contribution in [0.1, 0.15) is 6.42 Å². The van der Waals surface area contributed by atoms with Crippen LogP contribution < -0.4 is 16.6 Å². The number of nitrogens with two attached hydrogens (primary N) is 1. The van der Waals surface area contributed by atoms with Crippen LogP contribution in [0.3, 0.4) is 0 Å². The number of aromatic nitrogens is 1. The second-order valence-corrected chi connectivity index (χ2v) is 3.27. The van der Waals surface area contributed by atoms with E-state index in [0.717, 1.165) is 22.9 Å². The fourth-order valence-corrected chi connectivity index (χ4v) is 1.20. The molecule has 0 atom stereocenters. The fourth-order valence-electron chi connectivity index (χ4n) is 1.20. The molecule has 0 aliphatic rings. The van der Waals surface area contributed by atoms with E-state index >= 15 is 0 Å². The summed E-state index contributed by atoms with van der Waals surface area (Å²) in [6.45, 7) is 0.926. The molecule has 1 aromatic rings. The first-order chi connectivity index (χ1) is 7.63. The number of halogens is 1. The van der Waals surface area contributed by atoms with Crippen LogP contribution in [0.15, 0.2) is 23.1 Å². The quantitative estimate of drug-likeness (QED) is 0.708. The van der Waals surface area contributed by atoms with E-state index in [1.807, 2.05) is 0 Å². The highest BCUT2D eigenvalue weighted by atomic mass is 19.1. The zero-order valence-corrected chi connectivity index (χ0v) is 8.78. The molecule has 0 spiro atoms. The van der Waals surface area contributed by atoms with E-state index in [-0.39, 0.29) is 24.4 Å². The zero-order chi connectivity index (χ0) is 12.0. The monoisotopic (exact) mass is 227 g/mol. The standard InChI is InChI=1S/C10H14FN3O2/c11-8-1-2-10(16)14(7-8)6-3-9(15)13-5-4-12/h1-2,7H,3-6,12H2,(H,13,15). The van der Waals surface area contributed by atoms with Gasteiger partial charge in [-0.3, -0.25) is 9.59 Å². The number of carbonyl (C=O) groups excluding carboxylic acids is 1. The van der Waals surface area contributed by atoms with Gasteiger partial charge in [0.05, 0.1) is 0 Å². The predicted molar refractivity (Wildman–Crippen MR) is 57.3 cm³/mol. The summed E-state index contributed by atoms with van der Waals surface area (Å²) in [5.74, 6) is -0.705. The largest absolute Gasteiger partial charge is 0.355 e. The third-order valence-corrected chi connectivity index (χ3v) is 1.99. The third kappa shape index (κ3) is 3.82. The van der Waals surface area contributed by atoms with Crippen LogP contribution in [0.4, 0.5) is 4.39 Å². The smallest absolute Gasteiger partial charge is 0.250 e. The van der Waals surface area contributed by atoms with Crippen molar-refractivity contribution >= 4 is 5.91 Å². The Balaban J connectivity index is 2.51. The topological polar surface area (TPSA) is 77.1 Å². The van der Waals surface area contributed by atoms with Crippen molar-refractivity contribution in [1.82, 2.24) is 9.88 Å². The van der Waals surface area contributed by atoms with Gasteiger partial charge in [0.25, 0.3) is 5.56 Å². The van der Waals surface area contributed by atoms with Crippen molar-refractivity contribution in [1.29, 1.82) is 0 Å². The highest BCUT2D eigenvalue weighted by molar-refractivity contribution is 5.75. The van der Waals surface area contributed by atoms with Crippen LogP contribution in [-0.2, 0) is 11.3 Å². The van der Waals surface area contributed by atoms with Crippen molar-refractivity contribution < 1.29 is 9.18 Å². The van der Waals surface area contributed by atoms with Gasteiger partial charge in [0.2, 0.25) is 5.91 Å². The van der Waals surface area contributed by atoms with Gasteiger partial charge in [-0.15, -0.1) is 0 Å². The van der Waals surface area contributed by atoms with Gasteiger partial charge >= 0.3 is 0 Å². The molecule has 0 fully saturated rings. The lowest BCUT2D eigenvalue weighted by atomic mass is 10.3. The number of rotatable bonds is 5. The highest BCUT2D eigenvalue weighted by Gasteiger charge is 2.02. The number of carbonyl (C=O) groups is 1. The highest BCUT2D eigenvalue weighted by Crippen LogP contribution is 1.93. The van der Waals surface area contributed by atoms with E-state index in [4.69, 9.17) is 5.73 Å². The molecule has 16 heavy (non-hydrogen) atoms. The van der Waals surface area contributed by atoms with Gasteiger partial charge in [-0.1, -0.05) is 0 Å². The average Bonchev–Trinajstić information content (AvgIpc) is 2.27. The first-order valence-corrected chi connectivity index (χ1v) is 4.96. The summed E-state index contributed by atoms with van der Waals surface area (Å²) >= 11 is 0. The van der Waals surface area contributed by atoms with E-state index in [2.05, 4.69) is 5.32 Å². The normalized spacial score (nSPS) is 10.1. The van der Waals surface area contributed by atoms with Crippen molar-refractivity contribution in [3.8, 4) is 0 Å². The fraction of sp³-hybridized carbons (Fsp3) is 0.400. The first-order valence-electron chi connectivity index (χ1n) is 4.96. The summed E-state index contributed by atoms with van der Waals surface area (Å²) < 4.78 is 14.0. The van der Waals surface area contributed by atoms with Crippen LogP contribution in [0.5, 0.6) is 0 Å². The Morgan fingerprint density at radius 1 is 1.50 bits per heavy atom. The van der Waals surface area contributed by atoms with E-state index < -0.39 is 5.82 Å². The molecule has 1 aromatic heterocycles. The number of nitrogens with one attached hydrogen (secondary N) is 1. The SMILES string of the molecule is NCCNC(=O)CCn1cc(F)ccc1=O. The minimum absolute atomic E-state index is 0.128. The van der Waals surface area contributed by atoms with E-state index in [1.54, 1.807) is 0 Å². The van der Waals surface area contributed by atoms with E-state index in [1.165, 1.54) is 0 Å². The Morgan fingerprint density at radius 2 is 2.25 bits per heavy atom. The van der Waals surface area contributed by atoms with Crippen molar-refractivity contribution in [3.63, 3.8) is 0 Å². The predicted octanol–water partition coefficient (Wildman–Crippen LogP) is -0.548. The molecule has 0 bridgehead atoms. The van der Waals surface area contributed by atoms with Gasteiger partial charge in [0.1, 0.15) is 5.82 Å². The second kappa shape index (κ2) is 6.02. The van der Waals surface area contributed by atoms with Crippen molar-refractivity contribution in [3.05, 3.63) is 34.5 Å².